The molecule has 1 aromatic carbocycles. The van der Waals surface area contributed by atoms with E-state index in [1.807, 2.05) is 6.92 Å². The molecule has 7 heteroatoms. The van der Waals surface area contributed by atoms with Gasteiger partial charge in [0.2, 0.25) is 0 Å². The molecule has 1 aliphatic rings. The van der Waals surface area contributed by atoms with E-state index in [2.05, 4.69) is 9.97 Å². The van der Waals surface area contributed by atoms with Crippen LogP contribution in [-0.2, 0) is 4.74 Å². The maximum atomic E-state index is 12.6. The molecule has 7 nitrogen and oxygen atoms in total. The van der Waals surface area contributed by atoms with E-state index in [0.29, 0.717) is 36.3 Å². The lowest BCUT2D eigenvalue weighted by Gasteiger charge is -2.22. The number of nitrogens with one attached hydrogen (secondary N) is 2. The number of fused-ring (bicyclic) bond motifs is 1. The number of carbonyl (C=O) groups is 1. The number of aromatic nitrogens is 2. The number of aromatic amines is 2. The zero-order valence-electron chi connectivity index (χ0n) is 12.2. The molecule has 0 unspecified atom stereocenters. The molecule has 0 aliphatic carbocycles. The van der Waals surface area contributed by atoms with Gasteiger partial charge >= 0.3 is 11.1 Å². The molecule has 0 spiro atoms. The maximum Gasteiger partial charge on any atom is 0.314 e. The second-order valence-electron chi connectivity index (χ2n) is 5.45. The first-order chi connectivity index (χ1) is 10.5. The van der Waals surface area contributed by atoms with Crippen LogP contribution in [0.3, 0.4) is 0 Å². The van der Waals surface area contributed by atoms with Crippen molar-refractivity contribution in [3.05, 3.63) is 44.5 Å². The van der Waals surface area contributed by atoms with Gasteiger partial charge in [0.25, 0.3) is 5.91 Å². The van der Waals surface area contributed by atoms with Gasteiger partial charge in [-0.1, -0.05) is 0 Å². The summed E-state index contributed by atoms with van der Waals surface area (Å²) in [6.45, 7) is 3.77. The molecular formula is C15H17N3O4. The molecule has 3 rings (SSSR count). The number of ether oxygens (including phenoxy) is 1. The van der Waals surface area contributed by atoms with Crippen molar-refractivity contribution in [3.63, 3.8) is 0 Å². The third kappa shape index (κ3) is 2.80. The third-order valence-corrected chi connectivity index (χ3v) is 3.71. The Bertz CT molecular complexity index is 823. The molecule has 22 heavy (non-hydrogen) atoms. The van der Waals surface area contributed by atoms with Gasteiger partial charge in [-0.2, -0.15) is 0 Å². The number of hydrogen-bond donors (Lipinski definition) is 2. The van der Waals surface area contributed by atoms with Crippen LogP contribution in [0.1, 0.15) is 23.7 Å². The Morgan fingerprint density at radius 1 is 1.23 bits per heavy atom. The summed E-state index contributed by atoms with van der Waals surface area (Å²) in [5, 5.41) is 0. The first-order valence-corrected chi connectivity index (χ1v) is 7.22. The van der Waals surface area contributed by atoms with Crippen LogP contribution in [0.25, 0.3) is 11.0 Å². The van der Waals surface area contributed by atoms with Gasteiger partial charge in [0.15, 0.2) is 0 Å². The van der Waals surface area contributed by atoms with Crippen molar-refractivity contribution < 1.29 is 9.53 Å². The Hall–Kier alpha value is -2.41. The second kappa shape index (κ2) is 5.76. The lowest BCUT2D eigenvalue weighted by Crippen LogP contribution is -2.36. The topological polar surface area (TPSA) is 95.3 Å². The highest BCUT2D eigenvalue weighted by atomic mass is 16.5. The fourth-order valence-corrected chi connectivity index (χ4v) is 2.61. The van der Waals surface area contributed by atoms with Crippen LogP contribution in [-0.4, -0.2) is 46.6 Å². The molecule has 2 heterocycles. The highest BCUT2D eigenvalue weighted by molar-refractivity contribution is 5.97. The normalized spacial score (nSPS) is 19.1. The molecule has 1 atom stereocenters. The SMILES string of the molecule is C[C@H]1CN(C(=O)c2ccc3[nH]c(=O)c(=O)[nH]c3c2)CCCO1. The number of hydrogen-bond acceptors (Lipinski definition) is 4. The number of carbonyl (C=O) groups excluding carboxylic acids is 1. The maximum absolute atomic E-state index is 12.6. The third-order valence-electron chi connectivity index (χ3n) is 3.71. The van der Waals surface area contributed by atoms with Gasteiger partial charge in [0.05, 0.1) is 17.1 Å². The lowest BCUT2D eigenvalue weighted by atomic mass is 10.1. The highest BCUT2D eigenvalue weighted by Gasteiger charge is 2.21. The standard InChI is InChI=1S/C15H17N3O4/c1-9-8-18(5-2-6-22-9)15(21)10-3-4-11-12(7-10)17-14(20)13(19)16-11/h3-4,7,9H,2,5-6,8H2,1H3,(H,16,19)(H,17,20)/t9-/m0/s1. The smallest absolute Gasteiger partial charge is 0.314 e. The van der Waals surface area contributed by atoms with E-state index in [1.54, 1.807) is 23.1 Å². The van der Waals surface area contributed by atoms with Gasteiger partial charge in [-0.15, -0.1) is 0 Å². The van der Waals surface area contributed by atoms with Crippen molar-refractivity contribution in [1.29, 1.82) is 0 Å². The number of amides is 1. The summed E-state index contributed by atoms with van der Waals surface area (Å²) in [5.74, 6) is -0.105. The van der Waals surface area contributed by atoms with E-state index in [0.717, 1.165) is 6.42 Å². The molecule has 2 aromatic rings. The average molecular weight is 303 g/mol. The molecule has 116 valence electrons. The summed E-state index contributed by atoms with van der Waals surface area (Å²) in [6.07, 6.45) is 0.802. The van der Waals surface area contributed by atoms with Crippen molar-refractivity contribution in [2.45, 2.75) is 19.4 Å². The molecule has 1 aromatic heterocycles. The van der Waals surface area contributed by atoms with E-state index >= 15 is 0 Å². The minimum Gasteiger partial charge on any atom is -0.377 e. The van der Waals surface area contributed by atoms with E-state index in [9.17, 15) is 14.4 Å². The summed E-state index contributed by atoms with van der Waals surface area (Å²) in [5.41, 5.74) is -0.0217. The number of benzene rings is 1. The van der Waals surface area contributed by atoms with Crippen LogP contribution < -0.4 is 11.1 Å². The van der Waals surface area contributed by atoms with E-state index < -0.39 is 11.1 Å². The Morgan fingerprint density at radius 2 is 1.95 bits per heavy atom. The molecule has 1 fully saturated rings. The minimum absolute atomic E-state index is 0.00284. The van der Waals surface area contributed by atoms with Crippen molar-refractivity contribution in [1.82, 2.24) is 14.9 Å². The number of rotatable bonds is 1. The van der Waals surface area contributed by atoms with Gasteiger partial charge in [-0.3, -0.25) is 14.4 Å². The van der Waals surface area contributed by atoms with Crippen LogP contribution in [0.15, 0.2) is 27.8 Å². The van der Waals surface area contributed by atoms with Crippen LogP contribution >= 0.6 is 0 Å². The molecule has 1 saturated heterocycles. The molecular weight excluding hydrogens is 286 g/mol. The number of nitrogens with zero attached hydrogens (tertiary/aromatic N) is 1. The summed E-state index contributed by atoms with van der Waals surface area (Å²) >= 11 is 0. The number of H-pyrrole nitrogens is 2. The van der Waals surface area contributed by atoms with Gasteiger partial charge in [-0.05, 0) is 31.5 Å². The van der Waals surface area contributed by atoms with Crippen molar-refractivity contribution >= 4 is 16.9 Å². The Labute approximate surface area is 125 Å². The Morgan fingerprint density at radius 3 is 2.73 bits per heavy atom. The van der Waals surface area contributed by atoms with Gasteiger partial charge in [-0.25, -0.2) is 0 Å². The summed E-state index contributed by atoms with van der Waals surface area (Å²) in [4.78, 5) is 42.0. The largest absolute Gasteiger partial charge is 0.377 e. The zero-order chi connectivity index (χ0) is 15.7. The molecule has 1 aliphatic heterocycles. The first-order valence-electron chi connectivity index (χ1n) is 7.22. The second-order valence-corrected chi connectivity index (χ2v) is 5.45. The quantitative estimate of drug-likeness (QED) is 0.749. The lowest BCUT2D eigenvalue weighted by molar-refractivity contribution is 0.0563. The average Bonchev–Trinajstić information content (AvgIpc) is 2.72. The van der Waals surface area contributed by atoms with Gasteiger partial charge < -0.3 is 19.6 Å². The molecule has 0 bridgehead atoms. The van der Waals surface area contributed by atoms with E-state index in [1.165, 1.54) is 0 Å². The molecule has 0 saturated carbocycles. The monoisotopic (exact) mass is 303 g/mol. The van der Waals surface area contributed by atoms with Crippen LogP contribution in [0.4, 0.5) is 0 Å². The van der Waals surface area contributed by atoms with Gasteiger partial charge in [0, 0.05) is 25.3 Å². The molecule has 1 amide bonds. The van der Waals surface area contributed by atoms with Crippen LogP contribution in [0.5, 0.6) is 0 Å². The molecule has 0 radical (unpaired) electrons. The summed E-state index contributed by atoms with van der Waals surface area (Å²) < 4.78 is 5.54. The minimum atomic E-state index is -0.728. The van der Waals surface area contributed by atoms with Gasteiger partial charge in [0.1, 0.15) is 0 Å². The zero-order valence-corrected chi connectivity index (χ0v) is 12.2. The predicted octanol–water partition coefficient (Wildman–Crippen LogP) is 0.467. The van der Waals surface area contributed by atoms with E-state index in [-0.39, 0.29) is 12.0 Å². The summed E-state index contributed by atoms with van der Waals surface area (Å²) in [6, 6.07) is 4.86. The van der Waals surface area contributed by atoms with Crippen molar-refractivity contribution in [3.8, 4) is 0 Å². The fourth-order valence-electron chi connectivity index (χ4n) is 2.61. The van der Waals surface area contributed by atoms with E-state index in [4.69, 9.17) is 4.74 Å². The fraction of sp³-hybridized carbons (Fsp3) is 0.400. The van der Waals surface area contributed by atoms with Crippen molar-refractivity contribution in [2.75, 3.05) is 19.7 Å². The van der Waals surface area contributed by atoms with Crippen LogP contribution in [0.2, 0.25) is 0 Å². The van der Waals surface area contributed by atoms with Crippen LogP contribution in [0, 0.1) is 0 Å². The summed E-state index contributed by atoms with van der Waals surface area (Å²) in [7, 11) is 0. The Balaban J connectivity index is 1.95. The predicted molar refractivity (Wildman–Crippen MR) is 81.1 cm³/mol. The highest BCUT2D eigenvalue weighted by Crippen LogP contribution is 2.14. The molecule has 2 N–H and O–H groups in total. The first kappa shape index (κ1) is 14.5. The Kier molecular flexibility index (Phi) is 3.81. The van der Waals surface area contributed by atoms with Crippen molar-refractivity contribution in [2.24, 2.45) is 0 Å².